The summed E-state index contributed by atoms with van der Waals surface area (Å²) >= 11 is 0. The number of benzene rings is 2. The van der Waals surface area contributed by atoms with Crippen LogP contribution in [0.15, 0.2) is 53.4 Å². The van der Waals surface area contributed by atoms with Gasteiger partial charge in [0.1, 0.15) is 5.69 Å². The van der Waals surface area contributed by atoms with Crippen molar-refractivity contribution in [2.75, 3.05) is 5.32 Å². The lowest BCUT2D eigenvalue weighted by molar-refractivity contribution is 0.570. The average Bonchev–Trinajstić information content (AvgIpc) is 3.35. The van der Waals surface area contributed by atoms with Crippen LogP contribution in [0.3, 0.4) is 0 Å². The Kier molecular flexibility index (Phi) is 4.06. The van der Waals surface area contributed by atoms with Crippen LogP contribution in [-0.2, 0) is 6.42 Å². The van der Waals surface area contributed by atoms with Crippen molar-refractivity contribution in [2.24, 2.45) is 0 Å². The third-order valence-electron chi connectivity index (χ3n) is 5.41. The molecule has 0 fully saturated rings. The standard InChI is InChI=1S/C22H19N5O/c23-11-14-5-7-17-15(9-14)3-1-2-4-19(17)25-16-6-8-20-18(10-16)22(27-26-20)21-12-24-13-28-21/h5-10,12-13,19,25H,1-4H2,(H,26,27)/t19-/m1/s1. The molecule has 1 atom stereocenters. The number of nitrogens with zero attached hydrogens (tertiary/aromatic N) is 3. The normalized spacial score (nSPS) is 16.3. The second-order valence-corrected chi connectivity index (χ2v) is 7.17. The summed E-state index contributed by atoms with van der Waals surface area (Å²) in [6.07, 6.45) is 7.48. The average molecular weight is 369 g/mol. The van der Waals surface area contributed by atoms with E-state index in [0.717, 1.165) is 53.5 Å². The summed E-state index contributed by atoms with van der Waals surface area (Å²) in [5, 5.41) is 21.3. The van der Waals surface area contributed by atoms with Crippen molar-refractivity contribution in [1.82, 2.24) is 15.2 Å². The maximum Gasteiger partial charge on any atom is 0.181 e. The number of aryl methyl sites for hydroxylation is 1. The first-order valence-corrected chi connectivity index (χ1v) is 9.48. The Morgan fingerprint density at radius 1 is 1.18 bits per heavy atom. The van der Waals surface area contributed by atoms with E-state index < -0.39 is 0 Å². The van der Waals surface area contributed by atoms with Gasteiger partial charge >= 0.3 is 0 Å². The Hall–Kier alpha value is -3.59. The highest BCUT2D eigenvalue weighted by atomic mass is 16.3. The van der Waals surface area contributed by atoms with Gasteiger partial charge in [0.15, 0.2) is 12.2 Å². The first-order chi connectivity index (χ1) is 13.8. The summed E-state index contributed by atoms with van der Waals surface area (Å²) in [6, 6.07) is 14.7. The van der Waals surface area contributed by atoms with Gasteiger partial charge in [-0.15, -0.1) is 0 Å². The number of rotatable bonds is 3. The molecule has 1 aliphatic rings. The minimum absolute atomic E-state index is 0.225. The van der Waals surface area contributed by atoms with Gasteiger partial charge in [-0.05, 0) is 60.7 Å². The van der Waals surface area contributed by atoms with Crippen LogP contribution in [0.5, 0.6) is 0 Å². The molecular formula is C22H19N5O. The Bertz CT molecular complexity index is 1170. The summed E-state index contributed by atoms with van der Waals surface area (Å²) in [7, 11) is 0. The molecule has 0 saturated heterocycles. The molecule has 0 saturated carbocycles. The molecule has 0 spiro atoms. The number of aromatic amines is 1. The molecule has 0 bridgehead atoms. The van der Waals surface area contributed by atoms with Crippen LogP contribution >= 0.6 is 0 Å². The quantitative estimate of drug-likeness (QED) is 0.498. The highest BCUT2D eigenvalue weighted by Crippen LogP contribution is 2.34. The van der Waals surface area contributed by atoms with E-state index in [1.165, 1.54) is 17.5 Å². The van der Waals surface area contributed by atoms with Crippen molar-refractivity contribution >= 4 is 16.6 Å². The Balaban J connectivity index is 1.50. The van der Waals surface area contributed by atoms with Crippen molar-refractivity contribution in [3.63, 3.8) is 0 Å². The number of H-pyrrole nitrogens is 1. The fraction of sp³-hybridized carbons (Fsp3) is 0.227. The maximum absolute atomic E-state index is 9.21. The topological polar surface area (TPSA) is 90.5 Å². The number of aromatic nitrogens is 3. The first kappa shape index (κ1) is 16.6. The molecule has 0 amide bonds. The molecule has 5 rings (SSSR count). The van der Waals surface area contributed by atoms with Gasteiger partial charge in [0.05, 0.1) is 29.4 Å². The number of anilines is 1. The monoisotopic (exact) mass is 369 g/mol. The zero-order valence-electron chi connectivity index (χ0n) is 15.3. The van der Waals surface area contributed by atoms with Gasteiger partial charge in [-0.2, -0.15) is 10.4 Å². The van der Waals surface area contributed by atoms with Gasteiger partial charge in [-0.3, -0.25) is 5.10 Å². The van der Waals surface area contributed by atoms with E-state index in [4.69, 9.17) is 4.42 Å². The zero-order valence-corrected chi connectivity index (χ0v) is 15.3. The van der Waals surface area contributed by atoms with Crippen LogP contribution < -0.4 is 5.32 Å². The predicted octanol–water partition coefficient (Wildman–Crippen LogP) is 4.97. The van der Waals surface area contributed by atoms with E-state index in [9.17, 15) is 5.26 Å². The van der Waals surface area contributed by atoms with Crippen molar-refractivity contribution in [1.29, 1.82) is 5.26 Å². The van der Waals surface area contributed by atoms with Crippen LogP contribution in [0.2, 0.25) is 0 Å². The smallest absolute Gasteiger partial charge is 0.181 e. The third-order valence-corrected chi connectivity index (χ3v) is 5.41. The molecule has 0 aliphatic heterocycles. The van der Waals surface area contributed by atoms with Crippen LogP contribution in [-0.4, -0.2) is 15.2 Å². The van der Waals surface area contributed by atoms with Gasteiger partial charge in [-0.25, -0.2) is 4.98 Å². The van der Waals surface area contributed by atoms with Gasteiger partial charge in [0, 0.05) is 11.1 Å². The lowest BCUT2D eigenvalue weighted by Gasteiger charge is -2.21. The van der Waals surface area contributed by atoms with Crippen LogP contribution in [0.25, 0.3) is 22.4 Å². The molecule has 2 aromatic carbocycles. The van der Waals surface area contributed by atoms with Crippen LogP contribution in [0.1, 0.15) is 42.0 Å². The minimum Gasteiger partial charge on any atom is -0.442 e. The van der Waals surface area contributed by atoms with Gasteiger partial charge < -0.3 is 9.73 Å². The summed E-state index contributed by atoms with van der Waals surface area (Å²) in [6.45, 7) is 0. The Morgan fingerprint density at radius 2 is 2.14 bits per heavy atom. The van der Waals surface area contributed by atoms with Crippen LogP contribution in [0.4, 0.5) is 5.69 Å². The van der Waals surface area contributed by atoms with Crippen LogP contribution in [0, 0.1) is 11.3 Å². The fourth-order valence-electron chi connectivity index (χ4n) is 4.03. The van der Waals surface area contributed by atoms with Gasteiger partial charge in [0.2, 0.25) is 0 Å². The zero-order chi connectivity index (χ0) is 18.9. The second kappa shape index (κ2) is 6.86. The molecule has 2 aromatic heterocycles. The number of hydrogen-bond donors (Lipinski definition) is 2. The molecule has 6 heteroatoms. The van der Waals surface area contributed by atoms with E-state index in [1.54, 1.807) is 6.20 Å². The first-order valence-electron chi connectivity index (χ1n) is 9.48. The van der Waals surface area contributed by atoms with E-state index >= 15 is 0 Å². The number of oxazole rings is 1. The fourth-order valence-corrected chi connectivity index (χ4v) is 4.03. The third kappa shape index (κ3) is 2.91. The lowest BCUT2D eigenvalue weighted by Crippen LogP contribution is -2.11. The van der Waals surface area contributed by atoms with Crippen molar-refractivity contribution in [3.8, 4) is 17.5 Å². The molecule has 4 aromatic rings. The SMILES string of the molecule is N#Cc1ccc2c(c1)CCCC[C@H]2Nc1ccc2[nH]nc(-c3cnco3)c2c1. The van der Waals surface area contributed by atoms with E-state index in [1.807, 2.05) is 18.2 Å². The Morgan fingerprint density at radius 3 is 3.00 bits per heavy atom. The molecule has 28 heavy (non-hydrogen) atoms. The lowest BCUT2D eigenvalue weighted by atomic mass is 9.96. The number of fused-ring (bicyclic) bond motifs is 2. The molecule has 1 aliphatic carbocycles. The number of hydrogen-bond acceptors (Lipinski definition) is 5. The van der Waals surface area contributed by atoms with Gasteiger partial charge in [-0.1, -0.05) is 12.5 Å². The molecular weight excluding hydrogens is 350 g/mol. The number of nitriles is 1. The van der Waals surface area contributed by atoms with E-state index in [-0.39, 0.29) is 6.04 Å². The van der Waals surface area contributed by atoms with Gasteiger partial charge in [0.25, 0.3) is 0 Å². The predicted molar refractivity (Wildman–Crippen MR) is 107 cm³/mol. The van der Waals surface area contributed by atoms with E-state index in [0.29, 0.717) is 5.76 Å². The summed E-state index contributed by atoms with van der Waals surface area (Å²) < 4.78 is 5.42. The molecule has 2 heterocycles. The second-order valence-electron chi connectivity index (χ2n) is 7.17. The largest absolute Gasteiger partial charge is 0.442 e. The highest BCUT2D eigenvalue weighted by molar-refractivity contribution is 5.93. The molecule has 6 nitrogen and oxygen atoms in total. The maximum atomic E-state index is 9.21. The van der Waals surface area contributed by atoms with E-state index in [2.05, 4.69) is 44.8 Å². The number of nitrogens with one attached hydrogen (secondary N) is 2. The molecule has 0 radical (unpaired) electrons. The summed E-state index contributed by atoms with van der Waals surface area (Å²) in [5.41, 5.74) is 6.06. The minimum atomic E-state index is 0.225. The van der Waals surface area contributed by atoms with Crippen molar-refractivity contribution in [3.05, 3.63) is 65.7 Å². The van der Waals surface area contributed by atoms with Crippen molar-refractivity contribution in [2.45, 2.75) is 31.7 Å². The Labute approximate surface area is 162 Å². The summed E-state index contributed by atoms with van der Waals surface area (Å²) in [5.74, 6) is 0.646. The molecule has 138 valence electrons. The summed E-state index contributed by atoms with van der Waals surface area (Å²) in [4.78, 5) is 3.99. The molecule has 0 unspecified atom stereocenters. The molecule has 2 N–H and O–H groups in total. The van der Waals surface area contributed by atoms with Crippen molar-refractivity contribution < 1.29 is 4.42 Å². The highest BCUT2D eigenvalue weighted by Gasteiger charge is 2.20.